The molecule has 1 nitrogen and oxygen atoms in total. The molecule has 0 aromatic heterocycles. The number of rotatable bonds is 0. The highest BCUT2D eigenvalue weighted by atomic mass is 16.1. The van der Waals surface area contributed by atoms with Gasteiger partial charge in [-0.05, 0) is 18.9 Å². The van der Waals surface area contributed by atoms with Crippen LogP contribution in [-0.4, -0.2) is 5.78 Å². The van der Waals surface area contributed by atoms with Gasteiger partial charge in [-0.1, -0.05) is 24.3 Å². The summed E-state index contributed by atoms with van der Waals surface area (Å²) < 4.78 is 0. The van der Waals surface area contributed by atoms with Crippen LogP contribution in [0.3, 0.4) is 0 Å². The second-order valence-corrected chi connectivity index (χ2v) is 2.95. The molecule has 0 fully saturated rings. The van der Waals surface area contributed by atoms with Crippen molar-refractivity contribution in [2.75, 3.05) is 0 Å². The lowest BCUT2D eigenvalue weighted by Crippen LogP contribution is -2.03. The fourth-order valence-electron chi connectivity index (χ4n) is 1.65. The molecule has 0 amide bonds. The van der Waals surface area contributed by atoms with Gasteiger partial charge in [0.25, 0.3) is 0 Å². The Bertz CT molecular complexity index is 269. The van der Waals surface area contributed by atoms with Crippen LogP contribution in [0.4, 0.5) is 0 Å². The third-order valence-corrected chi connectivity index (χ3v) is 2.23. The summed E-state index contributed by atoms with van der Waals surface area (Å²) in [5.74, 6) is 0.593. The first-order valence-electron chi connectivity index (χ1n) is 3.97. The molecule has 0 spiro atoms. The minimum Gasteiger partial charge on any atom is -0.290 e. The van der Waals surface area contributed by atoms with Crippen molar-refractivity contribution in [3.8, 4) is 0 Å². The SMILES string of the molecule is O=C1C=CC=CC2CCC=C12. The van der Waals surface area contributed by atoms with Crippen molar-refractivity contribution in [1.82, 2.24) is 0 Å². The molecule has 56 valence electrons. The number of ketones is 1. The topological polar surface area (TPSA) is 17.1 Å². The summed E-state index contributed by atoms with van der Waals surface area (Å²) in [7, 11) is 0. The van der Waals surface area contributed by atoms with Crippen molar-refractivity contribution < 1.29 is 4.79 Å². The van der Waals surface area contributed by atoms with Gasteiger partial charge in [-0.2, -0.15) is 0 Å². The summed E-state index contributed by atoms with van der Waals surface area (Å²) in [5, 5.41) is 0. The molecule has 2 aliphatic rings. The fraction of sp³-hybridized carbons (Fsp3) is 0.300. The second-order valence-electron chi connectivity index (χ2n) is 2.95. The van der Waals surface area contributed by atoms with Crippen molar-refractivity contribution in [2.45, 2.75) is 12.8 Å². The molecule has 0 saturated carbocycles. The highest BCUT2D eigenvalue weighted by molar-refractivity contribution is 6.05. The highest BCUT2D eigenvalue weighted by Crippen LogP contribution is 2.28. The van der Waals surface area contributed by atoms with Gasteiger partial charge in [0.2, 0.25) is 0 Å². The molecule has 11 heavy (non-hydrogen) atoms. The summed E-state index contributed by atoms with van der Waals surface area (Å²) in [6.45, 7) is 0. The monoisotopic (exact) mass is 146 g/mol. The van der Waals surface area contributed by atoms with Crippen molar-refractivity contribution in [3.63, 3.8) is 0 Å². The van der Waals surface area contributed by atoms with E-state index in [0.717, 1.165) is 18.4 Å². The van der Waals surface area contributed by atoms with E-state index in [1.165, 1.54) is 0 Å². The van der Waals surface area contributed by atoms with Crippen LogP contribution in [0.15, 0.2) is 36.0 Å². The normalized spacial score (nSPS) is 28.2. The zero-order valence-electron chi connectivity index (χ0n) is 6.29. The Hall–Kier alpha value is -1.11. The average Bonchev–Trinajstić information content (AvgIpc) is 2.40. The number of fused-ring (bicyclic) bond motifs is 1. The molecule has 1 atom stereocenters. The van der Waals surface area contributed by atoms with Crippen LogP contribution in [0.25, 0.3) is 0 Å². The molecule has 0 aromatic rings. The molecular weight excluding hydrogens is 136 g/mol. The molecule has 0 bridgehead atoms. The van der Waals surface area contributed by atoms with Gasteiger partial charge in [0.1, 0.15) is 0 Å². The van der Waals surface area contributed by atoms with Crippen molar-refractivity contribution in [1.29, 1.82) is 0 Å². The molecule has 0 aliphatic heterocycles. The lowest BCUT2D eigenvalue weighted by Gasteiger charge is -2.03. The van der Waals surface area contributed by atoms with Crippen LogP contribution in [0.1, 0.15) is 12.8 Å². The van der Waals surface area contributed by atoms with Crippen LogP contribution >= 0.6 is 0 Å². The smallest absolute Gasteiger partial charge is 0.182 e. The predicted octanol–water partition coefficient (Wildman–Crippen LogP) is 2.02. The van der Waals surface area contributed by atoms with Gasteiger partial charge in [0.15, 0.2) is 5.78 Å². The average molecular weight is 146 g/mol. The minimum atomic E-state index is 0.192. The quantitative estimate of drug-likeness (QED) is 0.511. The summed E-state index contributed by atoms with van der Waals surface area (Å²) in [4.78, 5) is 11.3. The van der Waals surface area contributed by atoms with Gasteiger partial charge >= 0.3 is 0 Å². The Balaban J connectivity index is 2.37. The van der Waals surface area contributed by atoms with E-state index in [2.05, 4.69) is 12.2 Å². The van der Waals surface area contributed by atoms with Gasteiger partial charge in [0.05, 0.1) is 0 Å². The number of hydrogen-bond acceptors (Lipinski definition) is 1. The largest absolute Gasteiger partial charge is 0.290 e. The van der Waals surface area contributed by atoms with E-state index in [1.54, 1.807) is 6.08 Å². The van der Waals surface area contributed by atoms with Crippen LogP contribution in [0, 0.1) is 5.92 Å². The molecule has 2 aliphatic carbocycles. The summed E-state index contributed by atoms with van der Waals surface area (Å²) >= 11 is 0. The van der Waals surface area contributed by atoms with E-state index in [1.807, 2.05) is 12.2 Å². The number of carbonyl (C=O) groups is 1. The first-order valence-corrected chi connectivity index (χ1v) is 3.97. The number of hydrogen-bond donors (Lipinski definition) is 0. The highest BCUT2D eigenvalue weighted by Gasteiger charge is 2.21. The summed E-state index contributed by atoms with van der Waals surface area (Å²) in [6.07, 6.45) is 11.8. The van der Waals surface area contributed by atoms with Gasteiger partial charge < -0.3 is 0 Å². The van der Waals surface area contributed by atoms with Crippen molar-refractivity contribution in [2.24, 2.45) is 5.92 Å². The van der Waals surface area contributed by atoms with E-state index < -0.39 is 0 Å². The Morgan fingerprint density at radius 2 is 2.27 bits per heavy atom. The number of carbonyl (C=O) groups excluding carboxylic acids is 1. The van der Waals surface area contributed by atoms with Gasteiger partial charge in [-0.25, -0.2) is 0 Å². The molecule has 0 N–H and O–H groups in total. The van der Waals surface area contributed by atoms with Crippen molar-refractivity contribution >= 4 is 5.78 Å². The molecule has 1 unspecified atom stereocenters. The summed E-state index contributed by atoms with van der Waals surface area (Å²) in [5.41, 5.74) is 0.995. The molecule has 0 saturated heterocycles. The molecule has 0 heterocycles. The van der Waals surface area contributed by atoms with Gasteiger partial charge in [-0.3, -0.25) is 4.79 Å². The molecule has 1 heteroatoms. The maximum atomic E-state index is 11.3. The Morgan fingerprint density at radius 1 is 1.36 bits per heavy atom. The zero-order valence-corrected chi connectivity index (χ0v) is 6.29. The third kappa shape index (κ3) is 1.07. The Morgan fingerprint density at radius 3 is 3.18 bits per heavy atom. The van der Waals surface area contributed by atoms with E-state index in [4.69, 9.17) is 0 Å². The van der Waals surface area contributed by atoms with Gasteiger partial charge in [0, 0.05) is 11.5 Å². The first kappa shape index (κ1) is 6.59. The van der Waals surface area contributed by atoms with Crippen molar-refractivity contribution in [3.05, 3.63) is 36.0 Å². The van der Waals surface area contributed by atoms with Crippen LogP contribution in [0.2, 0.25) is 0 Å². The van der Waals surface area contributed by atoms with Gasteiger partial charge in [-0.15, -0.1) is 0 Å². The van der Waals surface area contributed by atoms with Crippen LogP contribution in [0.5, 0.6) is 0 Å². The summed E-state index contributed by atoms with van der Waals surface area (Å²) in [6, 6.07) is 0. The Kier molecular flexibility index (Phi) is 1.50. The molecule has 2 rings (SSSR count). The molecule has 0 aromatic carbocycles. The van der Waals surface area contributed by atoms with Crippen LogP contribution < -0.4 is 0 Å². The minimum absolute atomic E-state index is 0.192. The maximum absolute atomic E-state index is 11.3. The Labute approximate surface area is 66.1 Å². The van der Waals surface area contributed by atoms with Crippen LogP contribution in [-0.2, 0) is 4.79 Å². The van der Waals surface area contributed by atoms with E-state index in [0.29, 0.717) is 5.92 Å². The van der Waals surface area contributed by atoms with E-state index in [9.17, 15) is 4.79 Å². The van der Waals surface area contributed by atoms with E-state index >= 15 is 0 Å². The second kappa shape index (κ2) is 2.50. The lowest BCUT2D eigenvalue weighted by atomic mass is 9.99. The van der Waals surface area contributed by atoms with E-state index in [-0.39, 0.29) is 5.78 Å². The fourth-order valence-corrected chi connectivity index (χ4v) is 1.65. The maximum Gasteiger partial charge on any atom is 0.182 e. The number of allylic oxidation sites excluding steroid dienone is 6. The predicted molar refractivity (Wildman–Crippen MR) is 44.1 cm³/mol. The first-order chi connectivity index (χ1) is 5.38. The lowest BCUT2D eigenvalue weighted by molar-refractivity contribution is -0.111. The molecule has 0 radical (unpaired) electrons. The third-order valence-electron chi connectivity index (χ3n) is 2.23. The molecular formula is C10H10O. The standard InChI is InChI=1S/C10H10O/c11-10-7-2-1-4-8-5-3-6-9(8)10/h1-2,4,6-8H,3,5H2. The zero-order chi connectivity index (χ0) is 7.68.